The molecule has 0 atom stereocenters. The molecule has 0 aromatic rings. The lowest BCUT2D eigenvalue weighted by molar-refractivity contribution is 0.558. The van der Waals surface area contributed by atoms with E-state index in [-0.39, 0.29) is 0 Å². The van der Waals surface area contributed by atoms with E-state index in [0.717, 1.165) is 13.0 Å². The molecule has 0 unspecified atom stereocenters. The summed E-state index contributed by atoms with van der Waals surface area (Å²) in [6.45, 7) is 5.58. The van der Waals surface area contributed by atoms with Crippen molar-refractivity contribution < 1.29 is 0 Å². The minimum absolute atomic E-state index is 0.335. The lowest BCUT2D eigenvalue weighted by atomic mass is 10.1. The van der Waals surface area contributed by atoms with E-state index in [0.29, 0.717) is 18.5 Å². The molecule has 0 radical (unpaired) electrons. The fraction of sp³-hybridized carbons (Fsp3) is 0.875. The van der Waals surface area contributed by atoms with Gasteiger partial charge >= 0.3 is 0 Å². The number of nitrogens with zero attached hydrogens (tertiary/aromatic N) is 2. The quantitative estimate of drug-likeness (QED) is 0.294. The minimum Gasteiger partial charge on any atom is -0.370 e. The molecule has 0 heterocycles. The summed E-state index contributed by atoms with van der Waals surface area (Å²) in [5.41, 5.74) is 11.3. The topological polar surface area (TPSA) is 88.8 Å². The molecule has 0 aliphatic carbocycles. The number of rotatable bonds is 12. The van der Waals surface area contributed by atoms with Gasteiger partial charge in [-0.05, 0) is 13.3 Å². The van der Waals surface area contributed by atoms with Crippen LogP contribution in [0.2, 0.25) is 0 Å². The maximum absolute atomic E-state index is 5.70. The Labute approximate surface area is 130 Å². The first kappa shape index (κ1) is 19.7. The molecule has 0 spiro atoms. The number of nitrogens with one attached hydrogen (secondary N) is 1. The first-order valence-corrected chi connectivity index (χ1v) is 8.57. The zero-order valence-corrected chi connectivity index (χ0v) is 14.0. The Morgan fingerprint density at radius 1 is 0.714 bits per heavy atom. The second kappa shape index (κ2) is 15.1. The van der Waals surface area contributed by atoms with E-state index in [4.69, 9.17) is 11.5 Å². The van der Waals surface area contributed by atoms with Crippen LogP contribution >= 0.6 is 0 Å². The van der Waals surface area contributed by atoms with Crippen LogP contribution in [0.15, 0.2) is 9.98 Å². The van der Waals surface area contributed by atoms with Gasteiger partial charge in [-0.3, -0.25) is 15.3 Å². The minimum atomic E-state index is 0.335. The summed E-state index contributed by atoms with van der Waals surface area (Å²) in [7, 11) is 0. The molecular weight excluding hydrogens is 262 g/mol. The van der Waals surface area contributed by atoms with Gasteiger partial charge in [0.15, 0.2) is 11.9 Å². The van der Waals surface area contributed by atoms with Gasteiger partial charge in [0.25, 0.3) is 0 Å². The summed E-state index contributed by atoms with van der Waals surface area (Å²) in [4.78, 5) is 8.23. The number of hydrogen-bond acceptors (Lipinski definition) is 2. The van der Waals surface area contributed by atoms with E-state index < -0.39 is 0 Å². The van der Waals surface area contributed by atoms with Crippen LogP contribution in [0.3, 0.4) is 0 Å². The Morgan fingerprint density at radius 2 is 1.19 bits per heavy atom. The van der Waals surface area contributed by atoms with Crippen molar-refractivity contribution in [1.29, 1.82) is 0 Å². The van der Waals surface area contributed by atoms with Crippen LogP contribution in [-0.4, -0.2) is 25.0 Å². The number of guanidine groups is 2. The average molecular weight is 297 g/mol. The normalized spacial score (nSPS) is 12.7. The van der Waals surface area contributed by atoms with Crippen LogP contribution in [0.4, 0.5) is 0 Å². The summed E-state index contributed by atoms with van der Waals surface area (Å²) in [6.07, 6.45) is 13.3. The second-order valence-electron chi connectivity index (χ2n) is 5.43. The summed E-state index contributed by atoms with van der Waals surface area (Å²) in [5, 5.41) is 2.77. The van der Waals surface area contributed by atoms with Gasteiger partial charge in [0, 0.05) is 13.1 Å². The van der Waals surface area contributed by atoms with Crippen molar-refractivity contribution in [3.63, 3.8) is 0 Å². The maximum atomic E-state index is 5.70. The van der Waals surface area contributed by atoms with E-state index in [1.54, 1.807) is 0 Å². The molecule has 5 N–H and O–H groups in total. The van der Waals surface area contributed by atoms with Gasteiger partial charge in [-0.1, -0.05) is 64.7 Å². The highest BCUT2D eigenvalue weighted by Gasteiger charge is 1.95. The highest BCUT2D eigenvalue weighted by molar-refractivity contribution is 5.96. The van der Waals surface area contributed by atoms with Crippen LogP contribution in [-0.2, 0) is 0 Å². The zero-order chi connectivity index (χ0) is 15.8. The summed E-state index contributed by atoms with van der Waals surface area (Å²) in [6, 6.07) is 0. The van der Waals surface area contributed by atoms with Crippen molar-refractivity contribution in [2.45, 2.75) is 78.1 Å². The van der Waals surface area contributed by atoms with E-state index in [1.807, 2.05) is 6.92 Å². The lowest BCUT2D eigenvalue weighted by Crippen LogP contribution is -2.41. The van der Waals surface area contributed by atoms with Crippen molar-refractivity contribution in [1.82, 2.24) is 5.32 Å². The SMILES string of the molecule is CCCCCCCCCCCCN=C(N)NC(N)=NCC. The van der Waals surface area contributed by atoms with Gasteiger partial charge < -0.3 is 11.5 Å². The van der Waals surface area contributed by atoms with Crippen LogP contribution in [0, 0.1) is 0 Å². The van der Waals surface area contributed by atoms with Gasteiger partial charge in [0.05, 0.1) is 0 Å². The highest BCUT2D eigenvalue weighted by atomic mass is 15.2. The first-order valence-electron chi connectivity index (χ1n) is 8.57. The molecule has 124 valence electrons. The highest BCUT2D eigenvalue weighted by Crippen LogP contribution is 2.10. The molecule has 0 saturated carbocycles. The first-order chi connectivity index (χ1) is 10.2. The van der Waals surface area contributed by atoms with E-state index in [2.05, 4.69) is 22.2 Å². The van der Waals surface area contributed by atoms with Crippen LogP contribution in [0.1, 0.15) is 78.1 Å². The van der Waals surface area contributed by atoms with Gasteiger partial charge in [0.1, 0.15) is 0 Å². The Hall–Kier alpha value is -1.26. The molecule has 0 aliphatic heterocycles. The smallest absolute Gasteiger partial charge is 0.195 e. The predicted octanol–water partition coefficient (Wildman–Crippen LogP) is 3.15. The third-order valence-corrected chi connectivity index (χ3v) is 3.38. The Kier molecular flexibility index (Phi) is 14.2. The number of hydrogen-bond donors (Lipinski definition) is 3. The lowest BCUT2D eigenvalue weighted by Gasteiger charge is -2.04. The van der Waals surface area contributed by atoms with Crippen LogP contribution in [0.5, 0.6) is 0 Å². The van der Waals surface area contributed by atoms with Crippen molar-refractivity contribution in [3.8, 4) is 0 Å². The summed E-state index contributed by atoms with van der Waals surface area (Å²) >= 11 is 0. The Bertz CT molecular complexity index is 286. The molecule has 0 amide bonds. The third-order valence-electron chi connectivity index (χ3n) is 3.38. The maximum Gasteiger partial charge on any atom is 0.195 e. The summed E-state index contributed by atoms with van der Waals surface area (Å²) < 4.78 is 0. The number of aliphatic imine (C=N–C) groups is 2. The fourth-order valence-corrected chi connectivity index (χ4v) is 2.18. The molecular formula is C16H35N5. The van der Waals surface area contributed by atoms with Crippen molar-refractivity contribution >= 4 is 11.9 Å². The molecule has 0 saturated heterocycles. The number of nitrogens with two attached hydrogens (primary N) is 2. The van der Waals surface area contributed by atoms with Crippen molar-refractivity contribution in [3.05, 3.63) is 0 Å². The van der Waals surface area contributed by atoms with Crippen molar-refractivity contribution in [2.75, 3.05) is 13.1 Å². The van der Waals surface area contributed by atoms with E-state index in [1.165, 1.54) is 57.8 Å². The second-order valence-corrected chi connectivity index (χ2v) is 5.43. The molecule has 5 nitrogen and oxygen atoms in total. The molecule has 0 aliphatic rings. The molecule has 0 fully saturated rings. The van der Waals surface area contributed by atoms with Gasteiger partial charge in [-0.25, -0.2) is 0 Å². The standard InChI is InChI=1S/C16H35N5/c1-3-5-6-7-8-9-10-11-12-13-14-20-16(18)21-15(17)19-4-2/h3-14H2,1-2H3,(H5,17,18,19,20,21). The molecule has 0 aromatic carbocycles. The molecule has 0 aromatic heterocycles. The zero-order valence-electron chi connectivity index (χ0n) is 14.0. The molecule has 5 heteroatoms. The van der Waals surface area contributed by atoms with E-state index >= 15 is 0 Å². The Morgan fingerprint density at radius 3 is 1.71 bits per heavy atom. The predicted molar refractivity (Wildman–Crippen MR) is 93.6 cm³/mol. The largest absolute Gasteiger partial charge is 0.370 e. The monoisotopic (exact) mass is 297 g/mol. The molecule has 21 heavy (non-hydrogen) atoms. The van der Waals surface area contributed by atoms with Gasteiger partial charge in [-0.15, -0.1) is 0 Å². The average Bonchev–Trinajstić information content (AvgIpc) is 2.45. The van der Waals surface area contributed by atoms with Crippen molar-refractivity contribution in [2.24, 2.45) is 21.5 Å². The van der Waals surface area contributed by atoms with Crippen LogP contribution < -0.4 is 16.8 Å². The van der Waals surface area contributed by atoms with Gasteiger partial charge in [0.2, 0.25) is 0 Å². The van der Waals surface area contributed by atoms with Crippen LogP contribution in [0.25, 0.3) is 0 Å². The molecule has 0 rings (SSSR count). The fourth-order valence-electron chi connectivity index (χ4n) is 2.18. The number of unbranched alkanes of at least 4 members (excludes halogenated alkanes) is 9. The Balaban J connectivity index is 3.37. The molecule has 0 bridgehead atoms. The van der Waals surface area contributed by atoms with Gasteiger partial charge in [-0.2, -0.15) is 0 Å². The summed E-state index contributed by atoms with van der Waals surface area (Å²) in [5.74, 6) is 0.697. The third kappa shape index (κ3) is 15.0. The van der Waals surface area contributed by atoms with E-state index in [9.17, 15) is 0 Å².